The molecule has 2 aromatic carbocycles. The summed E-state index contributed by atoms with van der Waals surface area (Å²) in [6.07, 6.45) is 0. The first-order valence-electron chi connectivity index (χ1n) is 12.4. The number of carbonyl (C=O) groups excluding carboxylic acids is 1. The molecule has 1 fully saturated rings. The molecule has 36 heavy (non-hydrogen) atoms. The Morgan fingerprint density at radius 3 is 2.44 bits per heavy atom. The van der Waals surface area contributed by atoms with Crippen molar-refractivity contribution in [2.45, 2.75) is 31.7 Å². The number of anilines is 2. The van der Waals surface area contributed by atoms with Crippen molar-refractivity contribution in [2.75, 3.05) is 49.6 Å². The van der Waals surface area contributed by atoms with E-state index in [2.05, 4.69) is 52.1 Å². The lowest BCUT2D eigenvalue weighted by Crippen LogP contribution is -2.46. The summed E-state index contributed by atoms with van der Waals surface area (Å²) in [6.45, 7) is 10.5. The second kappa shape index (κ2) is 12.1. The molecule has 0 bridgehead atoms. The Labute approximate surface area is 218 Å². The van der Waals surface area contributed by atoms with Crippen molar-refractivity contribution in [2.24, 2.45) is 5.92 Å². The number of methoxy groups -OCH3 is 1. The van der Waals surface area contributed by atoms with Crippen molar-refractivity contribution in [1.82, 2.24) is 15.3 Å². The van der Waals surface area contributed by atoms with E-state index in [0.717, 1.165) is 54.2 Å². The minimum Gasteiger partial charge on any atom is -0.497 e. The summed E-state index contributed by atoms with van der Waals surface area (Å²) >= 11 is 1.60. The van der Waals surface area contributed by atoms with Crippen LogP contribution in [0.25, 0.3) is 0 Å². The average Bonchev–Trinajstić information content (AvgIpc) is 2.90. The van der Waals surface area contributed by atoms with Crippen LogP contribution in [0.3, 0.4) is 0 Å². The number of thioether (sulfide) groups is 1. The van der Waals surface area contributed by atoms with Gasteiger partial charge in [0.15, 0.2) is 5.16 Å². The van der Waals surface area contributed by atoms with Gasteiger partial charge in [0.05, 0.1) is 7.11 Å². The maximum absolute atomic E-state index is 12.4. The number of aromatic nitrogens is 2. The van der Waals surface area contributed by atoms with Crippen LogP contribution in [0.1, 0.15) is 35.5 Å². The first-order chi connectivity index (χ1) is 17.4. The third kappa shape index (κ3) is 6.91. The summed E-state index contributed by atoms with van der Waals surface area (Å²) in [7, 11) is 1.69. The largest absolute Gasteiger partial charge is 0.497 e. The van der Waals surface area contributed by atoms with E-state index in [1.807, 2.05) is 43.3 Å². The molecule has 0 radical (unpaired) electrons. The van der Waals surface area contributed by atoms with E-state index in [1.165, 1.54) is 5.69 Å². The fourth-order valence-electron chi connectivity index (χ4n) is 4.09. The molecule has 1 N–H and O–H groups in total. The number of nitrogens with one attached hydrogen (secondary N) is 1. The molecule has 8 heteroatoms. The molecule has 0 unspecified atom stereocenters. The molecular weight excluding hydrogens is 470 g/mol. The molecule has 0 saturated carbocycles. The van der Waals surface area contributed by atoms with Crippen LogP contribution in [-0.2, 0) is 5.75 Å². The van der Waals surface area contributed by atoms with Gasteiger partial charge >= 0.3 is 0 Å². The monoisotopic (exact) mass is 505 g/mol. The third-order valence-electron chi connectivity index (χ3n) is 6.09. The standard InChI is InChI=1S/C28H35N5O2S/c1-20(2)18-29-27(34)23-7-5-6-22(17-23)19-36-28-30-21(3)16-26(31-28)33-14-12-32(13-15-33)24-8-10-25(35-4)11-9-24/h5-11,16-17,20H,12-15,18-19H2,1-4H3,(H,29,34). The van der Waals surface area contributed by atoms with Gasteiger partial charge in [0.25, 0.3) is 5.91 Å². The lowest BCUT2D eigenvalue weighted by atomic mass is 10.1. The van der Waals surface area contributed by atoms with E-state index >= 15 is 0 Å². The number of aryl methyl sites for hydroxylation is 1. The molecule has 3 aromatic rings. The van der Waals surface area contributed by atoms with Gasteiger partial charge < -0.3 is 19.9 Å². The lowest BCUT2D eigenvalue weighted by molar-refractivity contribution is 0.0949. The van der Waals surface area contributed by atoms with Crippen molar-refractivity contribution in [1.29, 1.82) is 0 Å². The molecule has 2 heterocycles. The van der Waals surface area contributed by atoms with Crippen molar-refractivity contribution < 1.29 is 9.53 Å². The Balaban J connectivity index is 1.36. The molecule has 0 aliphatic carbocycles. The normalized spacial score (nSPS) is 13.7. The molecule has 1 saturated heterocycles. The Morgan fingerprint density at radius 2 is 1.75 bits per heavy atom. The molecule has 1 aliphatic rings. The molecule has 1 aromatic heterocycles. The smallest absolute Gasteiger partial charge is 0.251 e. The maximum atomic E-state index is 12.4. The molecule has 190 valence electrons. The molecule has 1 aliphatic heterocycles. The number of amides is 1. The SMILES string of the molecule is COc1ccc(N2CCN(c3cc(C)nc(SCc4cccc(C(=O)NCC(C)C)c4)n3)CC2)cc1. The topological polar surface area (TPSA) is 70.6 Å². The second-order valence-corrected chi connectivity index (χ2v) is 10.4. The Morgan fingerprint density at radius 1 is 1.03 bits per heavy atom. The Hall–Kier alpha value is -3.26. The summed E-state index contributed by atoms with van der Waals surface area (Å²) in [5, 5.41) is 3.75. The number of nitrogens with zero attached hydrogens (tertiary/aromatic N) is 4. The quantitative estimate of drug-likeness (QED) is 0.331. The molecular formula is C28H35N5O2S. The van der Waals surface area contributed by atoms with Gasteiger partial charge in [0.2, 0.25) is 0 Å². The minimum atomic E-state index is -0.0292. The number of carbonyl (C=O) groups is 1. The predicted molar refractivity (Wildman–Crippen MR) is 147 cm³/mol. The molecule has 1 amide bonds. The van der Waals surface area contributed by atoms with E-state index < -0.39 is 0 Å². The lowest BCUT2D eigenvalue weighted by Gasteiger charge is -2.36. The van der Waals surface area contributed by atoms with E-state index in [9.17, 15) is 4.79 Å². The second-order valence-electron chi connectivity index (χ2n) is 9.42. The molecule has 0 spiro atoms. The predicted octanol–water partition coefficient (Wildman–Crippen LogP) is 4.80. The maximum Gasteiger partial charge on any atom is 0.251 e. The van der Waals surface area contributed by atoms with Crippen LogP contribution in [0.4, 0.5) is 11.5 Å². The first-order valence-corrected chi connectivity index (χ1v) is 13.4. The van der Waals surface area contributed by atoms with Crippen molar-refractivity contribution in [3.63, 3.8) is 0 Å². The molecule has 0 atom stereocenters. The number of piperazine rings is 1. The van der Waals surface area contributed by atoms with Crippen molar-refractivity contribution in [3.05, 3.63) is 71.4 Å². The van der Waals surface area contributed by atoms with Gasteiger partial charge in [0, 0.05) is 61.5 Å². The van der Waals surface area contributed by atoms with Crippen LogP contribution in [-0.4, -0.2) is 55.7 Å². The Kier molecular flexibility index (Phi) is 8.70. The zero-order chi connectivity index (χ0) is 25.5. The highest BCUT2D eigenvalue weighted by Gasteiger charge is 2.19. The van der Waals surface area contributed by atoms with Gasteiger partial charge in [-0.25, -0.2) is 9.97 Å². The van der Waals surface area contributed by atoms with E-state index in [1.54, 1.807) is 18.9 Å². The van der Waals surface area contributed by atoms with Gasteiger partial charge in [-0.15, -0.1) is 0 Å². The number of hydrogen-bond donors (Lipinski definition) is 1. The van der Waals surface area contributed by atoms with Crippen LogP contribution in [0.15, 0.2) is 59.8 Å². The third-order valence-corrected chi connectivity index (χ3v) is 7.01. The van der Waals surface area contributed by atoms with Gasteiger partial charge in [-0.05, 0) is 54.8 Å². The number of benzene rings is 2. The van der Waals surface area contributed by atoms with Crippen molar-refractivity contribution in [3.8, 4) is 5.75 Å². The van der Waals surface area contributed by atoms with Gasteiger partial charge in [-0.1, -0.05) is 37.7 Å². The van der Waals surface area contributed by atoms with Crippen LogP contribution < -0.4 is 19.9 Å². The summed E-state index contributed by atoms with van der Waals surface area (Å²) in [5.41, 5.74) is 3.94. The highest BCUT2D eigenvalue weighted by molar-refractivity contribution is 7.98. The molecule has 4 rings (SSSR count). The molecule has 7 nitrogen and oxygen atoms in total. The summed E-state index contributed by atoms with van der Waals surface area (Å²) in [4.78, 5) is 26.7. The highest BCUT2D eigenvalue weighted by Crippen LogP contribution is 2.25. The van der Waals surface area contributed by atoms with Crippen LogP contribution >= 0.6 is 11.8 Å². The zero-order valence-electron chi connectivity index (χ0n) is 21.5. The van der Waals surface area contributed by atoms with Crippen LogP contribution in [0.2, 0.25) is 0 Å². The van der Waals surface area contributed by atoms with E-state index in [0.29, 0.717) is 23.8 Å². The fraction of sp³-hybridized carbons (Fsp3) is 0.393. The summed E-state index contributed by atoms with van der Waals surface area (Å²) < 4.78 is 5.27. The first kappa shape index (κ1) is 25.8. The minimum absolute atomic E-state index is 0.0292. The van der Waals surface area contributed by atoms with Gasteiger partial charge in [-0.2, -0.15) is 0 Å². The van der Waals surface area contributed by atoms with Crippen LogP contribution in [0, 0.1) is 12.8 Å². The number of hydrogen-bond acceptors (Lipinski definition) is 7. The zero-order valence-corrected chi connectivity index (χ0v) is 22.3. The van der Waals surface area contributed by atoms with Gasteiger partial charge in [-0.3, -0.25) is 4.79 Å². The summed E-state index contributed by atoms with van der Waals surface area (Å²) in [5.74, 6) is 2.95. The highest BCUT2D eigenvalue weighted by atomic mass is 32.2. The average molecular weight is 506 g/mol. The van der Waals surface area contributed by atoms with E-state index in [4.69, 9.17) is 9.72 Å². The van der Waals surface area contributed by atoms with Crippen LogP contribution in [0.5, 0.6) is 5.75 Å². The fourth-order valence-corrected chi connectivity index (χ4v) is 4.93. The number of rotatable bonds is 9. The Bertz CT molecular complexity index is 1160. The summed E-state index contributed by atoms with van der Waals surface area (Å²) in [6, 6.07) is 18.1. The van der Waals surface area contributed by atoms with E-state index in [-0.39, 0.29) is 5.91 Å². The van der Waals surface area contributed by atoms with Gasteiger partial charge in [0.1, 0.15) is 11.6 Å². The van der Waals surface area contributed by atoms with Crippen molar-refractivity contribution >= 4 is 29.2 Å². The number of ether oxygens (including phenoxy) is 1.